The predicted molar refractivity (Wildman–Crippen MR) is 96.9 cm³/mol. The zero-order chi connectivity index (χ0) is 16.6. The molecule has 1 aliphatic rings. The first-order valence-corrected chi connectivity index (χ1v) is 8.74. The van der Waals surface area contributed by atoms with Gasteiger partial charge in [0.1, 0.15) is 11.0 Å². The van der Waals surface area contributed by atoms with Crippen LogP contribution in [0.4, 0.5) is 0 Å². The van der Waals surface area contributed by atoms with Gasteiger partial charge in [-0.3, -0.25) is 0 Å². The highest BCUT2D eigenvalue weighted by Crippen LogP contribution is 2.46. The van der Waals surface area contributed by atoms with Gasteiger partial charge in [-0.15, -0.1) is 6.58 Å². The molecule has 5 heteroatoms. The molecule has 0 N–H and O–H groups in total. The molecule has 2 nitrogen and oxygen atoms in total. The Labute approximate surface area is 151 Å². The number of benzene rings is 1. The van der Waals surface area contributed by atoms with Gasteiger partial charge in [-0.05, 0) is 49.8 Å². The van der Waals surface area contributed by atoms with Gasteiger partial charge in [0.2, 0.25) is 0 Å². The molecule has 1 aliphatic carbocycles. The molecule has 0 saturated carbocycles. The highest BCUT2D eigenvalue weighted by Gasteiger charge is 2.32. The van der Waals surface area contributed by atoms with Gasteiger partial charge in [-0.25, -0.2) is 9.97 Å². The average molecular weight is 368 g/mol. The lowest BCUT2D eigenvalue weighted by Crippen LogP contribution is -2.19. The van der Waals surface area contributed by atoms with Crippen LogP contribution < -0.4 is 0 Å². The van der Waals surface area contributed by atoms with E-state index in [0.29, 0.717) is 26.9 Å². The monoisotopic (exact) mass is 366 g/mol. The molecule has 0 amide bonds. The molecule has 2 atom stereocenters. The van der Waals surface area contributed by atoms with Crippen molar-refractivity contribution in [1.82, 2.24) is 9.97 Å². The standard InChI is InChI=1S/C18H17Cl3N2/c1-3-4-11-5-7-14(13-8-6-12(19)9-15(13)20)17-16(11)18(21)23-10(2)22-17/h3,6,8-9,11,14H,1,4-5,7H2,2H3. The molecule has 2 unspecified atom stereocenters. The summed E-state index contributed by atoms with van der Waals surface area (Å²) in [6, 6.07) is 5.63. The van der Waals surface area contributed by atoms with Crippen LogP contribution >= 0.6 is 34.8 Å². The van der Waals surface area contributed by atoms with E-state index in [-0.39, 0.29) is 5.92 Å². The molecule has 0 aliphatic heterocycles. The Balaban J connectivity index is 2.15. The summed E-state index contributed by atoms with van der Waals surface area (Å²) in [5.41, 5.74) is 3.08. The summed E-state index contributed by atoms with van der Waals surface area (Å²) >= 11 is 18.9. The minimum atomic E-state index is 0.120. The van der Waals surface area contributed by atoms with E-state index in [1.807, 2.05) is 25.1 Å². The quantitative estimate of drug-likeness (QED) is 0.468. The lowest BCUT2D eigenvalue weighted by molar-refractivity contribution is 0.505. The Bertz CT molecular complexity index is 758. The van der Waals surface area contributed by atoms with Crippen molar-refractivity contribution in [2.75, 3.05) is 0 Å². The molecule has 0 spiro atoms. The third-order valence-electron chi connectivity index (χ3n) is 4.37. The maximum Gasteiger partial charge on any atom is 0.136 e. The van der Waals surface area contributed by atoms with Crippen molar-refractivity contribution in [1.29, 1.82) is 0 Å². The topological polar surface area (TPSA) is 25.8 Å². The lowest BCUT2D eigenvalue weighted by atomic mass is 9.76. The van der Waals surface area contributed by atoms with Crippen molar-refractivity contribution in [3.63, 3.8) is 0 Å². The minimum absolute atomic E-state index is 0.120. The van der Waals surface area contributed by atoms with Crippen LogP contribution in [0.25, 0.3) is 0 Å². The fourth-order valence-electron chi connectivity index (χ4n) is 3.38. The van der Waals surface area contributed by atoms with Gasteiger partial charge >= 0.3 is 0 Å². The minimum Gasteiger partial charge on any atom is -0.237 e. The molecule has 0 radical (unpaired) electrons. The second-order valence-corrected chi connectivity index (χ2v) is 7.08. The molecule has 120 valence electrons. The summed E-state index contributed by atoms with van der Waals surface area (Å²) in [6.45, 7) is 5.72. The maximum atomic E-state index is 6.46. The molecular weight excluding hydrogens is 351 g/mol. The van der Waals surface area contributed by atoms with Crippen molar-refractivity contribution in [2.45, 2.75) is 38.0 Å². The molecule has 1 aromatic heterocycles. The van der Waals surface area contributed by atoms with Crippen LogP contribution in [0, 0.1) is 6.92 Å². The summed E-state index contributed by atoms with van der Waals surface area (Å²) in [7, 11) is 0. The molecule has 0 saturated heterocycles. The van der Waals surface area contributed by atoms with Crippen molar-refractivity contribution >= 4 is 34.8 Å². The molecule has 0 bridgehead atoms. The first-order chi connectivity index (χ1) is 11.0. The number of fused-ring (bicyclic) bond motifs is 1. The summed E-state index contributed by atoms with van der Waals surface area (Å²) in [4.78, 5) is 9.06. The molecule has 0 fully saturated rings. The molecular formula is C18H17Cl3N2. The van der Waals surface area contributed by atoms with Crippen LogP contribution in [0.15, 0.2) is 30.9 Å². The van der Waals surface area contributed by atoms with E-state index in [1.165, 1.54) is 0 Å². The van der Waals surface area contributed by atoms with Crippen LogP contribution in [0.5, 0.6) is 0 Å². The Morgan fingerprint density at radius 1 is 1.22 bits per heavy atom. The van der Waals surface area contributed by atoms with Crippen LogP contribution in [0.1, 0.15) is 53.7 Å². The molecule has 3 rings (SSSR count). The van der Waals surface area contributed by atoms with E-state index in [2.05, 4.69) is 11.6 Å². The highest BCUT2D eigenvalue weighted by atomic mass is 35.5. The summed E-state index contributed by atoms with van der Waals surface area (Å²) < 4.78 is 0. The Hall–Kier alpha value is -1.09. The van der Waals surface area contributed by atoms with Crippen LogP contribution in [-0.4, -0.2) is 9.97 Å². The second kappa shape index (κ2) is 6.80. The molecule has 1 aromatic carbocycles. The summed E-state index contributed by atoms with van der Waals surface area (Å²) in [5, 5.41) is 1.85. The Morgan fingerprint density at radius 2 is 2.00 bits per heavy atom. The zero-order valence-corrected chi connectivity index (χ0v) is 15.1. The van der Waals surface area contributed by atoms with Crippen molar-refractivity contribution in [2.24, 2.45) is 0 Å². The number of aryl methyl sites for hydroxylation is 1. The normalized spacial score (nSPS) is 20.2. The van der Waals surface area contributed by atoms with E-state index in [4.69, 9.17) is 39.8 Å². The number of rotatable bonds is 3. The third-order valence-corrected chi connectivity index (χ3v) is 5.22. The fourth-order valence-corrected chi connectivity index (χ4v) is 4.30. The smallest absolute Gasteiger partial charge is 0.136 e. The number of nitrogens with zero attached hydrogens (tertiary/aromatic N) is 2. The van der Waals surface area contributed by atoms with E-state index in [9.17, 15) is 0 Å². The second-order valence-electron chi connectivity index (χ2n) is 5.88. The zero-order valence-electron chi connectivity index (χ0n) is 12.8. The van der Waals surface area contributed by atoms with Crippen molar-refractivity contribution in [3.8, 4) is 0 Å². The average Bonchev–Trinajstić information content (AvgIpc) is 2.48. The number of hydrogen-bond donors (Lipinski definition) is 0. The Kier molecular flexibility index (Phi) is 4.96. The van der Waals surface area contributed by atoms with Gasteiger partial charge in [-0.2, -0.15) is 0 Å². The summed E-state index contributed by atoms with van der Waals surface area (Å²) in [5.74, 6) is 1.12. The van der Waals surface area contributed by atoms with Crippen LogP contribution in [-0.2, 0) is 0 Å². The summed E-state index contributed by atoms with van der Waals surface area (Å²) in [6.07, 6.45) is 4.79. The van der Waals surface area contributed by atoms with E-state index in [0.717, 1.165) is 36.1 Å². The van der Waals surface area contributed by atoms with Gasteiger partial charge in [0, 0.05) is 21.5 Å². The van der Waals surface area contributed by atoms with E-state index < -0.39 is 0 Å². The first-order valence-electron chi connectivity index (χ1n) is 7.61. The third kappa shape index (κ3) is 3.26. The Morgan fingerprint density at radius 3 is 2.70 bits per heavy atom. The number of aromatic nitrogens is 2. The lowest BCUT2D eigenvalue weighted by Gasteiger charge is -2.31. The van der Waals surface area contributed by atoms with E-state index in [1.54, 1.807) is 6.07 Å². The largest absolute Gasteiger partial charge is 0.237 e. The molecule has 23 heavy (non-hydrogen) atoms. The highest BCUT2D eigenvalue weighted by molar-refractivity contribution is 6.35. The van der Waals surface area contributed by atoms with Crippen molar-refractivity contribution < 1.29 is 0 Å². The fraction of sp³-hybridized carbons (Fsp3) is 0.333. The van der Waals surface area contributed by atoms with E-state index >= 15 is 0 Å². The predicted octanol–water partition coefficient (Wildman–Crippen LogP) is 6.33. The molecule has 2 aromatic rings. The SMILES string of the molecule is C=CCC1CCC(c2ccc(Cl)cc2Cl)c2nc(C)nc(Cl)c21. The number of halogens is 3. The number of allylic oxidation sites excluding steroid dienone is 1. The van der Waals surface area contributed by atoms with Gasteiger partial charge in [0.15, 0.2) is 0 Å². The maximum absolute atomic E-state index is 6.46. The van der Waals surface area contributed by atoms with Gasteiger partial charge < -0.3 is 0 Å². The van der Waals surface area contributed by atoms with Gasteiger partial charge in [0.25, 0.3) is 0 Å². The van der Waals surface area contributed by atoms with Gasteiger partial charge in [-0.1, -0.05) is 46.9 Å². The van der Waals surface area contributed by atoms with Crippen molar-refractivity contribution in [3.05, 3.63) is 68.7 Å². The van der Waals surface area contributed by atoms with Crippen LogP contribution in [0.2, 0.25) is 15.2 Å². The first kappa shape index (κ1) is 16.8. The van der Waals surface area contributed by atoms with Crippen LogP contribution in [0.3, 0.4) is 0 Å². The van der Waals surface area contributed by atoms with Gasteiger partial charge in [0.05, 0.1) is 5.69 Å². The number of hydrogen-bond acceptors (Lipinski definition) is 2. The molecule has 1 heterocycles.